The minimum atomic E-state index is -1.47. The van der Waals surface area contributed by atoms with E-state index < -0.39 is 11.6 Å². The summed E-state index contributed by atoms with van der Waals surface area (Å²) in [5, 5.41) is 28.2. The molecule has 224 valence electrons. The van der Waals surface area contributed by atoms with E-state index in [1.54, 1.807) is 12.1 Å². The fraction of sp³-hybridized carbons (Fsp3) is 0.433. The third-order valence-corrected chi connectivity index (χ3v) is 10.1. The van der Waals surface area contributed by atoms with Gasteiger partial charge in [0.05, 0.1) is 34.6 Å². The van der Waals surface area contributed by atoms with Crippen molar-refractivity contribution in [3.8, 4) is 17.1 Å². The van der Waals surface area contributed by atoms with Crippen LogP contribution in [0.5, 0.6) is 5.75 Å². The van der Waals surface area contributed by atoms with Crippen molar-refractivity contribution in [2.45, 2.75) is 62.9 Å². The molecule has 1 aliphatic rings. The summed E-state index contributed by atoms with van der Waals surface area (Å²) in [4.78, 5) is 21.0. The number of carboxylic acids is 1. The minimum absolute atomic E-state index is 0.136. The van der Waals surface area contributed by atoms with Gasteiger partial charge in [0.2, 0.25) is 17.3 Å². The van der Waals surface area contributed by atoms with Crippen molar-refractivity contribution in [1.82, 2.24) is 15.0 Å². The van der Waals surface area contributed by atoms with Gasteiger partial charge in [-0.1, -0.05) is 28.9 Å². The first-order valence-electron chi connectivity index (χ1n) is 13.8. The van der Waals surface area contributed by atoms with Crippen molar-refractivity contribution in [2.75, 3.05) is 20.7 Å². The molecule has 42 heavy (non-hydrogen) atoms. The molecule has 2 N–H and O–H groups in total. The molecule has 0 radical (unpaired) electrons. The molecule has 0 unspecified atom stereocenters. The number of thiophene rings is 2. The number of methoxy groups -OCH3 is 1. The number of aliphatic hydroxyl groups is 1. The summed E-state index contributed by atoms with van der Waals surface area (Å²) in [5.74, 6) is 0.451. The number of aryl methyl sites for hydroxylation is 1. The van der Waals surface area contributed by atoms with Crippen molar-refractivity contribution < 1.29 is 29.0 Å². The maximum atomic E-state index is 12.7. The van der Waals surface area contributed by atoms with Gasteiger partial charge in [0.1, 0.15) is 5.75 Å². The van der Waals surface area contributed by atoms with Crippen LogP contribution in [0.15, 0.2) is 51.7 Å². The van der Waals surface area contributed by atoms with E-state index in [0.717, 1.165) is 38.6 Å². The number of rotatable bonds is 13. The fourth-order valence-electron chi connectivity index (χ4n) is 5.52. The second-order valence-electron chi connectivity index (χ2n) is 10.4. The quantitative estimate of drug-likeness (QED) is 0.177. The molecule has 1 fully saturated rings. The first kappa shape index (κ1) is 30.7. The second-order valence-corrected chi connectivity index (χ2v) is 12.7. The SMILES string of the molecule is COc1cc(-c2noc(CCCN(C)C3CCC(OC(C(=O)O)(c4cccs4)c4cccs4)CC3)n2)c(Cl)cc1CO. The van der Waals surface area contributed by atoms with Crippen molar-refractivity contribution in [2.24, 2.45) is 0 Å². The summed E-state index contributed by atoms with van der Waals surface area (Å²) in [6.45, 7) is 0.674. The van der Waals surface area contributed by atoms with E-state index in [2.05, 4.69) is 22.1 Å². The van der Waals surface area contributed by atoms with E-state index in [9.17, 15) is 15.0 Å². The van der Waals surface area contributed by atoms with Gasteiger partial charge in [-0.3, -0.25) is 0 Å². The number of ether oxygens (including phenoxy) is 2. The lowest BCUT2D eigenvalue weighted by molar-refractivity contribution is -0.170. The summed E-state index contributed by atoms with van der Waals surface area (Å²) in [6.07, 6.45) is 4.79. The molecule has 3 heterocycles. The van der Waals surface area contributed by atoms with Gasteiger partial charge in [0.15, 0.2) is 0 Å². The number of carbonyl (C=O) groups is 1. The van der Waals surface area contributed by atoms with Crippen LogP contribution < -0.4 is 4.74 Å². The molecule has 0 aliphatic heterocycles. The van der Waals surface area contributed by atoms with E-state index in [1.165, 1.54) is 29.8 Å². The highest BCUT2D eigenvalue weighted by atomic mass is 35.5. The molecule has 1 aromatic carbocycles. The Hall–Kier alpha value is -2.80. The predicted octanol–water partition coefficient (Wildman–Crippen LogP) is 6.23. The molecule has 0 spiro atoms. The van der Waals surface area contributed by atoms with Gasteiger partial charge in [-0.25, -0.2) is 4.79 Å². The average molecular weight is 632 g/mol. The van der Waals surface area contributed by atoms with Gasteiger partial charge < -0.3 is 29.1 Å². The Morgan fingerprint density at radius 3 is 2.43 bits per heavy atom. The molecule has 4 aromatic rings. The summed E-state index contributed by atoms with van der Waals surface area (Å²) in [5.41, 5.74) is -0.294. The molecule has 0 amide bonds. The number of halogens is 1. The lowest BCUT2D eigenvalue weighted by Gasteiger charge is -2.38. The highest BCUT2D eigenvalue weighted by Gasteiger charge is 2.48. The monoisotopic (exact) mass is 631 g/mol. The van der Waals surface area contributed by atoms with Crippen molar-refractivity contribution in [3.05, 3.63) is 73.4 Å². The minimum Gasteiger partial charge on any atom is -0.496 e. The van der Waals surface area contributed by atoms with Crippen LogP contribution in [0.3, 0.4) is 0 Å². The number of carboxylic acid groups (broad SMARTS) is 1. The zero-order chi connectivity index (χ0) is 29.7. The second kappa shape index (κ2) is 13.7. The molecule has 0 saturated heterocycles. The Bertz CT molecular complexity index is 1420. The van der Waals surface area contributed by atoms with Gasteiger partial charge >= 0.3 is 5.97 Å². The largest absolute Gasteiger partial charge is 0.496 e. The van der Waals surface area contributed by atoms with Gasteiger partial charge in [0.25, 0.3) is 0 Å². The predicted molar refractivity (Wildman–Crippen MR) is 162 cm³/mol. The van der Waals surface area contributed by atoms with Crippen LogP contribution >= 0.6 is 34.3 Å². The van der Waals surface area contributed by atoms with E-state index in [0.29, 0.717) is 55.8 Å². The highest BCUT2D eigenvalue weighted by Crippen LogP contribution is 2.42. The van der Waals surface area contributed by atoms with Crippen molar-refractivity contribution in [3.63, 3.8) is 0 Å². The molecule has 12 heteroatoms. The first-order valence-corrected chi connectivity index (χ1v) is 16.0. The molecule has 9 nitrogen and oxygen atoms in total. The standard InChI is InChI=1S/C30H34ClN3O6S2/c1-34(13-3-8-27-32-28(33-40-27)22-17-24(38-2)19(18-35)16-23(22)31)20-9-11-21(12-10-20)39-30(29(36)37,25-6-4-14-41-25)26-7-5-15-42-26/h4-7,14-17,20-21,35H,3,8-13,18H2,1-2H3,(H,36,37). The van der Waals surface area contributed by atoms with E-state index >= 15 is 0 Å². The van der Waals surface area contributed by atoms with Crippen LogP contribution in [0.2, 0.25) is 5.02 Å². The maximum Gasteiger partial charge on any atom is 0.347 e. The lowest BCUT2D eigenvalue weighted by atomic mass is 9.90. The lowest BCUT2D eigenvalue weighted by Crippen LogP contribution is -2.44. The Morgan fingerprint density at radius 1 is 1.17 bits per heavy atom. The molecule has 0 atom stereocenters. The summed E-state index contributed by atoms with van der Waals surface area (Å²) in [6, 6.07) is 11.2. The molecular weight excluding hydrogens is 598 g/mol. The zero-order valence-corrected chi connectivity index (χ0v) is 25.9. The molecule has 1 aliphatic carbocycles. The van der Waals surface area contributed by atoms with Crippen molar-refractivity contribution >= 4 is 40.2 Å². The van der Waals surface area contributed by atoms with E-state index in [-0.39, 0.29) is 12.7 Å². The van der Waals surface area contributed by atoms with Crippen LogP contribution in [0.25, 0.3) is 11.4 Å². The van der Waals surface area contributed by atoms with Gasteiger partial charge in [-0.15, -0.1) is 22.7 Å². The number of benzene rings is 1. The van der Waals surface area contributed by atoms with Crippen LogP contribution in [0.4, 0.5) is 0 Å². The van der Waals surface area contributed by atoms with Crippen LogP contribution in [0, 0.1) is 0 Å². The van der Waals surface area contributed by atoms with E-state index in [4.69, 9.17) is 25.6 Å². The van der Waals surface area contributed by atoms with Crippen LogP contribution in [0.1, 0.15) is 53.3 Å². The topological polar surface area (TPSA) is 118 Å². The van der Waals surface area contributed by atoms with Crippen LogP contribution in [-0.4, -0.2) is 64.1 Å². The average Bonchev–Trinajstić information content (AvgIpc) is 3.80. The summed E-state index contributed by atoms with van der Waals surface area (Å²) >= 11 is 9.22. The Balaban J connectivity index is 1.14. The third kappa shape index (κ3) is 6.41. The maximum absolute atomic E-state index is 12.7. The summed E-state index contributed by atoms with van der Waals surface area (Å²) in [7, 11) is 3.65. The fourth-order valence-corrected chi connectivity index (χ4v) is 7.60. The Morgan fingerprint density at radius 2 is 1.86 bits per heavy atom. The Labute approximate surface area is 257 Å². The number of nitrogens with zero attached hydrogens (tertiary/aromatic N) is 3. The Kier molecular flexibility index (Phi) is 9.97. The third-order valence-electron chi connectivity index (χ3n) is 7.80. The van der Waals surface area contributed by atoms with Gasteiger partial charge in [-0.05, 0) is 80.7 Å². The molecule has 5 rings (SSSR count). The first-order chi connectivity index (χ1) is 20.3. The molecule has 1 saturated carbocycles. The number of hydrogen-bond donors (Lipinski definition) is 2. The van der Waals surface area contributed by atoms with Crippen LogP contribution in [-0.2, 0) is 28.2 Å². The smallest absolute Gasteiger partial charge is 0.347 e. The molecular formula is C30H34ClN3O6S2. The molecule has 3 aromatic heterocycles. The van der Waals surface area contributed by atoms with Gasteiger partial charge in [0, 0.05) is 23.6 Å². The number of aliphatic hydroxyl groups excluding tert-OH is 1. The zero-order valence-electron chi connectivity index (χ0n) is 23.5. The highest BCUT2D eigenvalue weighted by molar-refractivity contribution is 7.12. The number of aliphatic carboxylic acids is 1. The normalized spacial score (nSPS) is 17.5. The van der Waals surface area contributed by atoms with Crippen molar-refractivity contribution in [1.29, 1.82) is 0 Å². The number of hydrogen-bond acceptors (Lipinski definition) is 10. The van der Waals surface area contributed by atoms with E-state index in [1.807, 2.05) is 35.0 Å². The summed E-state index contributed by atoms with van der Waals surface area (Å²) < 4.78 is 17.3. The number of aromatic nitrogens is 2. The van der Waals surface area contributed by atoms with Gasteiger partial charge in [-0.2, -0.15) is 4.98 Å². The molecule has 0 bridgehead atoms.